The van der Waals surface area contributed by atoms with Gasteiger partial charge in [0.25, 0.3) is 0 Å². The van der Waals surface area contributed by atoms with Gasteiger partial charge in [0.1, 0.15) is 0 Å². The summed E-state index contributed by atoms with van der Waals surface area (Å²) in [6.45, 7) is 9.16. The van der Waals surface area contributed by atoms with Crippen LogP contribution in [0.1, 0.15) is 40.0 Å². The predicted molar refractivity (Wildman–Crippen MR) is 56.0 cm³/mol. The van der Waals surface area contributed by atoms with E-state index in [0.717, 1.165) is 19.6 Å². The fraction of sp³-hybridized carbons (Fsp3) is 1.00. The van der Waals surface area contributed by atoms with Crippen LogP contribution in [-0.2, 0) is 9.47 Å². The van der Waals surface area contributed by atoms with Crippen LogP contribution in [0.2, 0.25) is 0 Å². The Morgan fingerprint density at radius 2 is 1.77 bits per heavy atom. The van der Waals surface area contributed by atoms with E-state index in [1.54, 1.807) is 7.11 Å². The third kappa shape index (κ3) is 8.26. The zero-order valence-electron chi connectivity index (χ0n) is 9.56. The Balaban J connectivity index is 3.16. The summed E-state index contributed by atoms with van der Waals surface area (Å²) >= 11 is 0. The maximum absolute atomic E-state index is 5.39. The molecule has 0 radical (unpaired) electrons. The molecule has 0 N–H and O–H groups in total. The summed E-state index contributed by atoms with van der Waals surface area (Å²) in [6, 6.07) is 0. The van der Waals surface area contributed by atoms with Crippen molar-refractivity contribution >= 4 is 0 Å². The average molecular weight is 188 g/mol. The second kappa shape index (κ2) is 7.34. The summed E-state index contributed by atoms with van der Waals surface area (Å²) in [5, 5.41) is 0. The first-order valence-electron chi connectivity index (χ1n) is 5.19. The molecule has 0 spiro atoms. The zero-order chi connectivity index (χ0) is 10.2. The molecular formula is C11H24O2. The van der Waals surface area contributed by atoms with Gasteiger partial charge in [-0.05, 0) is 18.3 Å². The minimum Gasteiger partial charge on any atom is -0.382 e. The molecule has 0 heterocycles. The van der Waals surface area contributed by atoms with Crippen molar-refractivity contribution in [3.63, 3.8) is 0 Å². The summed E-state index contributed by atoms with van der Waals surface area (Å²) in [7, 11) is 1.70. The zero-order valence-corrected chi connectivity index (χ0v) is 9.56. The highest BCUT2D eigenvalue weighted by atomic mass is 16.5. The van der Waals surface area contributed by atoms with Crippen molar-refractivity contribution in [3.05, 3.63) is 0 Å². The first-order valence-corrected chi connectivity index (χ1v) is 5.19. The van der Waals surface area contributed by atoms with Gasteiger partial charge in [0, 0.05) is 13.7 Å². The standard InChI is InChI=1S/C11H24O2/c1-5-11(2,3)7-6-8-13-10-9-12-4/h5-10H2,1-4H3. The van der Waals surface area contributed by atoms with Gasteiger partial charge in [0.15, 0.2) is 0 Å². The van der Waals surface area contributed by atoms with E-state index >= 15 is 0 Å². The van der Waals surface area contributed by atoms with Gasteiger partial charge in [-0.3, -0.25) is 0 Å². The van der Waals surface area contributed by atoms with E-state index in [2.05, 4.69) is 20.8 Å². The number of rotatable bonds is 8. The van der Waals surface area contributed by atoms with Crippen molar-refractivity contribution in [2.24, 2.45) is 5.41 Å². The molecule has 13 heavy (non-hydrogen) atoms. The molecule has 0 aromatic carbocycles. The quantitative estimate of drug-likeness (QED) is 0.545. The first kappa shape index (κ1) is 12.9. The van der Waals surface area contributed by atoms with Crippen molar-refractivity contribution in [1.82, 2.24) is 0 Å². The summed E-state index contributed by atoms with van der Waals surface area (Å²) < 4.78 is 10.3. The normalized spacial score (nSPS) is 12.0. The maximum Gasteiger partial charge on any atom is 0.0700 e. The molecule has 2 heteroatoms. The predicted octanol–water partition coefficient (Wildman–Crippen LogP) is 2.87. The van der Waals surface area contributed by atoms with Crippen molar-refractivity contribution in [2.75, 3.05) is 26.9 Å². The summed E-state index contributed by atoms with van der Waals surface area (Å²) in [5.74, 6) is 0. The number of hydrogen-bond donors (Lipinski definition) is 0. The van der Waals surface area contributed by atoms with Gasteiger partial charge < -0.3 is 9.47 Å². The van der Waals surface area contributed by atoms with Crippen molar-refractivity contribution in [3.8, 4) is 0 Å². The molecule has 0 saturated carbocycles. The molecule has 0 aromatic heterocycles. The van der Waals surface area contributed by atoms with Crippen LogP contribution in [0.3, 0.4) is 0 Å². The molecule has 80 valence electrons. The Morgan fingerprint density at radius 1 is 1.08 bits per heavy atom. The minimum atomic E-state index is 0.477. The molecule has 2 nitrogen and oxygen atoms in total. The van der Waals surface area contributed by atoms with Gasteiger partial charge in [-0.25, -0.2) is 0 Å². The molecule has 0 aliphatic heterocycles. The van der Waals surface area contributed by atoms with Gasteiger partial charge in [-0.2, -0.15) is 0 Å². The lowest BCUT2D eigenvalue weighted by Crippen LogP contribution is -2.11. The van der Waals surface area contributed by atoms with Gasteiger partial charge >= 0.3 is 0 Å². The Morgan fingerprint density at radius 3 is 2.31 bits per heavy atom. The van der Waals surface area contributed by atoms with Gasteiger partial charge in [0.05, 0.1) is 13.2 Å². The van der Waals surface area contributed by atoms with E-state index in [1.165, 1.54) is 12.8 Å². The molecule has 0 bridgehead atoms. The molecule has 0 saturated heterocycles. The molecule has 0 rings (SSSR count). The summed E-state index contributed by atoms with van der Waals surface area (Å²) in [5.41, 5.74) is 0.477. The van der Waals surface area contributed by atoms with Crippen LogP contribution in [0, 0.1) is 5.41 Å². The molecule has 0 unspecified atom stereocenters. The molecule has 0 amide bonds. The molecule has 0 aromatic rings. The van der Waals surface area contributed by atoms with Gasteiger partial charge in [-0.1, -0.05) is 27.2 Å². The van der Waals surface area contributed by atoms with Crippen LogP contribution in [0.15, 0.2) is 0 Å². The van der Waals surface area contributed by atoms with E-state index in [1.807, 2.05) is 0 Å². The fourth-order valence-corrected chi connectivity index (χ4v) is 1.07. The van der Waals surface area contributed by atoms with Gasteiger partial charge in [0.2, 0.25) is 0 Å². The minimum absolute atomic E-state index is 0.477. The van der Waals surface area contributed by atoms with Crippen LogP contribution in [-0.4, -0.2) is 26.9 Å². The van der Waals surface area contributed by atoms with Crippen LogP contribution >= 0.6 is 0 Å². The smallest absolute Gasteiger partial charge is 0.0700 e. The van der Waals surface area contributed by atoms with Crippen LogP contribution in [0.5, 0.6) is 0 Å². The Labute approximate surface area is 82.6 Å². The summed E-state index contributed by atoms with van der Waals surface area (Å²) in [4.78, 5) is 0. The van der Waals surface area contributed by atoms with E-state index in [0.29, 0.717) is 12.0 Å². The molecule has 0 atom stereocenters. The van der Waals surface area contributed by atoms with E-state index < -0.39 is 0 Å². The fourth-order valence-electron chi connectivity index (χ4n) is 1.07. The Kier molecular flexibility index (Phi) is 7.29. The second-order valence-corrected chi connectivity index (χ2v) is 4.23. The number of methoxy groups -OCH3 is 1. The molecule has 0 fully saturated rings. The van der Waals surface area contributed by atoms with E-state index in [9.17, 15) is 0 Å². The third-order valence-corrected chi connectivity index (χ3v) is 2.53. The molecule has 0 aliphatic rings. The lowest BCUT2D eigenvalue weighted by atomic mass is 9.85. The highest BCUT2D eigenvalue weighted by Gasteiger charge is 2.13. The third-order valence-electron chi connectivity index (χ3n) is 2.53. The largest absolute Gasteiger partial charge is 0.382 e. The van der Waals surface area contributed by atoms with Crippen molar-refractivity contribution < 1.29 is 9.47 Å². The van der Waals surface area contributed by atoms with E-state index in [4.69, 9.17) is 9.47 Å². The van der Waals surface area contributed by atoms with Gasteiger partial charge in [-0.15, -0.1) is 0 Å². The molecular weight excluding hydrogens is 164 g/mol. The Hall–Kier alpha value is -0.0800. The topological polar surface area (TPSA) is 18.5 Å². The Bertz CT molecular complexity index is 111. The van der Waals surface area contributed by atoms with Crippen molar-refractivity contribution in [1.29, 1.82) is 0 Å². The van der Waals surface area contributed by atoms with Crippen LogP contribution in [0.4, 0.5) is 0 Å². The monoisotopic (exact) mass is 188 g/mol. The lowest BCUT2D eigenvalue weighted by Gasteiger charge is -2.22. The second-order valence-electron chi connectivity index (χ2n) is 4.23. The summed E-state index contributed by atoms with van der Waals surface area (Å²) in [6.07, 6.45) is 3.64. The van der Waals surface area contributed by atoms with Crippen LogP contribution < -0.4 is 0 Å². The number of hydrogen-bond acceptors (Lipinski definition) is 2. The SMILES string of the molecule is CCC(C)(C)CCCOCCOC. The van der Waals surface area contributed by atoms with E-state index in [-0.39, 0.29) is 0 Å². The highest BCUT2D eigenvalue weighted by Crippen LogP contribution is 2.25. The molecule has 0 aliphatic carbocycles. The first-order chi connectivity index (χ1) is 6.12. The van der Waals surface area contributed by atoms with Crippen molar-refractivity contribution in [2.45, 2.75) is 40.0 Å². The number of ether oxygens (including phenoxy) is 2. The highest BCUT2D eigenvalue weighted by molar-refractivity contribution is 4.65. The lowest BCUT2D eigenvalue weighted by molar-refractivity contribution is 0.0647. The average Bonchev–Trinajstić information content (AvgIpc) is 2.11. The maximum atomic E-state index is 5.39. The van der Waals surface area contributed by atoms with Crippen LogP contribution in [0.25, 0.3) is 0 Å².